The average molecular weight is 541 g/mol. The fraction of sp³-hybridized carbons (Fsp3) is 0.548. The van der Waals surface area contributed by atoms with Crippen molar-refractivity contribution in [3.05, 3.63) is 59.2 Å². The van der Waals surface area contributed by atoms with Crippen LogP contribution in [-0.4, -0.2) is 42.4 Å². The van der Waals surface area contributed by atoms with E-state index in [0.717, 1.165) is 56.9 Å². The molecule has 0 aliphatic heterocycles. The van der Waals surface area contributed by atoms with Crippen molar-refractivity contribution >= 4 is 23.4 Å². The van der Waals surface area contributed by atoms with Crippen LogP contribution in [-0.2, 0) is 16.0 Å². The number of alkyl halides is 1. The second-order valence-electron chi connectivity index (χ2n) is 10.4. The van der Waals surface area contributed by atoms with Gasteiger partial charge in [-0.15, -0.1) is 11.6 Å². The Balaban J connectivity index is 1.77. The fourth-order valence-electron chi connectivity index (χ4n) is 5.91. The first kappa shape index (κ1) is 28.3. The van der Waals surface area contributed by atoms with Gasteiger partial charge in [0, 0.05) is 6.04 Å². The highest BCUT2D eigenvalue weighted by atomic mass is 35.5. The number of rotatable bonds is 10. The maximum absolute atomic E-state index is 14.2. The topological polar surface area (TPSA) is 67.9 Å². The van der Waals surface area contributed by atoms with Gasteiger partial charge in [0.05, 0.1) is 19.8 Å². The number of hydrogen-bond acceptors (Lipinski definition) is 4. The third-order valence-corrected chi connectivity index (χ3v) is 8.00. The minimum Gasteiger partial charge on any atom is -0.493 e. The zero-order chi connectivity index (χ0) is 26.9. The normalized spacial score (nSPS) is 18.6. The molecule has 0 aromatic heterocycles. The molecule has 4 rings (SSSR count). The highest BCUT2D eigenvalue weighted by molar-refractivity contribution is 6.27. The van der Waals surface area contributed by atoms with Crippen LogP contribution in [0.5, 0.6) is 11.5 Å². The summed E-state index contributed by atoms with van der Waals surface area (Å²) < 4.78 is 11.5. The lowest BCUT2D eigenvalue weighted by atomic mass is 9.85. The molecule has 2 atom stereocenters. The van der Waals surface area contributed by atoms with Crippen molar-refractivity contribution in [3.8, 4) is 11.5 Å². The smallest absolute Gasteiger partial charge is 0.247 e. The molecule has 1 N–H and O–H groups in total. The van der Waals surface area contributed by atoms with Crippen LogP contribution in [0.3, 0.4) is 0 Å². The zero-order valence-corrected chi connectivity index (χ0v) is 23.5. The lowest BCUT2D eigenvalue weighted by Gasteiger charge is -2.41. The molecule has 2 aliphatic rings. The number of nitrogens with one attached hydrogen (secondary N) is 1. The maximum Gasteiger partial charge on any atom is 0.247 e. The lowest BCUT2D eigenvalue weighted by Crippen LogP contribution is -2.48. The molecular formula is C31H41ClN2O4. The number of carbonyl (C=O) groups is 2. The SMILES string of the molecule is CCCOc1ccc([C@H](C(=O)NC2CCCCCC2)N(C(=O)CCl)[C@@H]2CCCc3ccccc32)cc1OC. The Morgan fingerprint density at radius 1 is 1.03 bits per heavy atom. The number of halogens is 1. The van der Waals surface area contributed by atoms with Gasteiger partial charge >= 0.3 is 0 Å². The summed E-state index contributed by atoms with van der Waals surface area (Å²) in [5.74, 6) is 0.563. The van der Waals surface area contributed by atoms with Gasteiger partial charge in [0.15, 0.2) is 11.5 Å². The minimum absolute atomic E-state index is 0.105. The molecule has 0 unspecified atom stereocenters. The van der Waals surface area contributed by atoms with E-state index in [1.165, 1.54) is 18.4 Å². The van der Waals surface area contributed by atoms with Gasteiger partial charge in [0.25, 0.3) is 0 Å². The van der Waals surface area contributed by atoms with Gasteiger partial charge in [-0.05, 0) is 67.3 Å². The Hall–Kier alpha value is -2.73. The molecule has 206 valence electrons. The molecule has 2 aliphatic carbocycles. The molecule has 0 bridgehead atoms. The molecule has 7 heteroatoms. The molecule has 0 radical (unpaired) electrons. The largest absolute Gasteiger partial charge is 0.493 e. The molecule has 2 amide bonds. The number of methoxy groups -OCH3 is 1. The van der Waals surface area contributed by atoms with Crippen molar-refractivity contribution in [2.45, 2.75) is 89.3 Å². The van der Waals surface area contributed by atoms with E-state index in [-0.39, 0.29) is 29.8 Å². The number of nitrogens with zero attached hydrogens (tertiary/aromatic N) is 1. The maximum atomic E-state index is 14.2. The van der Waals surface area contributed by atoms with Gasteiger partial charge in [-0.1, -0.05) is 62.9 Å². The Morgan fingerprint density at radius 3 is 2.50 bits per heavy atom. The Kier molecular flexibility index (Phi) is 10.3. The minimum atomic E-state index is -0.838. The Labute approximate surface area is 232 Å². The van der Waals surface area contributed by atoms with Gasteiger partial charge in [0.1, 0.15) is 11.9 Å². The van der Waals surface area contributed by atoms with Gasteiger partial charge < -0.3 is 19.7 Å². The second-order valence-corrected chi connectivity index (χ2v) is 10.7. The number of carbonyl (C=O) groups excluding carboxylic acids is 2. The molecular weight excluding hydrogens is 500 g/mol. The van der Waals surface area contributed by atoms with E-state index in [9.17, 15) is 9.59 Å². The van der Waals surface area contributed by atoms with Crippen LogP contribution in [0.15, 0.2) is 42.5 Å². The number of ether oxygens (including phenoxy) is 2. The monoisotopic (exact) mass is 540 g/mol. The first-order chi connectivity index (χ1) is 18.6. The number of benzene rings is 2. The van der Waals surface area contributed by atoms with E-state index in [0.29, 0.717) is 23.7 Å². The van der Waals surface area contributed by atoms with Gasteiger partial charge in [-0.25, -0.2) is 0 Å². The van der Waals surface area contributed by atoms with Crippen molar-refractivity contribution in [3.63, 3.8) is 0 Å². The van der Waals surface area contributed by atoms with Crippen molar-refractivity contribution in [2.24, 2.45) is 0 Å². The number of aryl methyl sites for hydroxylation is 1. The molecule has 38 heavy (non-hydrogen) atoms. The summed E-state index contributed by atoms with van der Waals surface area (Å²) >= 11 is 6.22. The standard InChI is InChI=1S/C31H41ClN2O4/c1-3-19-38-27-18-17-23(20-28(27)37-2)30(31(36)33-24-13-6-4-5-7-14-24)34(29(35)21-32)26-16-10-12-22-11-8-9-15-25(22)26/h8-9,11,15,17-18,20,24,26,30H,3-7,10,12-14,16,19,21H2,1-2H3,(H,33,36)/t26-,30-/m1/s1. The van der Waals surface area contributed by atoms with E-state index < -0.39 is 6.04 Å². The Morgan fingerprint density at radius 2 is 1.79 bits per heavy atom. The van der Waals surface area contributed by atoms with Crippen molar-refractivity contribution in [1.82, 2.24) is 10.2 Å². The van der Waals surface area contributed by atoms with E-state index in [4.69, 9.17) is 21.1 Å². The number of amides is 2. The fourth-order valence-corrected chi connectivity index (χ4v) is 6.05. The van der Waals surface area contributed by atoms with Crippen LogP contribution < -0.4 is 14.8 Å². The van der Waals surface area contributed by atoms with Crippen LogP contribution in [0.2, 0.25) is 0 Å². The van der Waals surface area contributed by atoms with Crippen molar-refractivity contribution < 1.29 is 19.1 Å². The predicted octanol–water partition coefficient (Wildman–Crippen LogP) is 6.51. The lowest BCUT2D eigenvalue weighted by molar-refractivity contribution is -0.142. The first-order valence-corrected chi connectivity index (χ1v) is 14.7. The number of hydrogen-bond donors (Lipinski definition) is 1. The molecule has 6 nitrogen and oxygen atoms in total. The zero-order valence-electron chi connectivity index (χ0n) is 22.7. The number of fused-ring (bicyclic) bond motifs is 1. The quantitative estimate of drug-likeness (QED) is 0.275. The second kappa shape index (κ2) is 13.9. The molecule has 0 saturated heterocycles. The molecule has 1 fully saturated rings. The van der Waals surface area contributed by atoms with Crippen LogP contribution in [0, 0.1) is 0 Å². The van der Waals surface area contributed by atoms with E-state index in [2.05, 4.69) is 17.4 Å². The summed E-state index contributed by atoms with van der Waals surface area (Å²) in [5, 5.41) is 3.32. The van der Waals surface area contributed by atoms with Crippen molar-refractivity contribution in [2.75, 3.05) is 19.6 Å². The van der Waals surface area contributed by atoms with E-state index in [1.54, 1.807) is 12.0 Å². The molecule has 0 heterocycles. The Bertz CT molecular complexity index is 1080. The van der Waals surface area contributed by atoms with Gasteiger partial charge in [-0.2, -0.15) is 0 Å². The van der Waals surface area contributed by atoms with E-state index in [1.807, 2.05) is 37.3 Å². The molecule has 2 aromatic rings. The predicted molar refractivity (Wildman–Crippen MR) is 151 cm³/mol. The summed E-state index contributed by atoms with van der Waals surface area (Å²) in [4.78, 5) is 29.5. The molecule has 0 spiro atoms. The first-order valence-electron chi connectivity index (χ1n) is 14.1. The average Bonchev–Trinajstić information content (AvgIpc) is 3.22. The van der Waals surface area contributed by atoms with Crippen LogP contribution in [0.25, 0.3) is 0 Å². The highest BCUT2D eigenvalue weighted by Gasteiger charge is 2.39. The molecule has 2 aromatic carbocycles. The van der Waals surface area contributed by atoms with Crippen LogP contribution >= 0.6 is 11.6 Å². The van der Waals surface area contributed by atoms with Crippen LogP contribution in [0.1, 0.15) is 93.5 Å². The summed E-state index contributed by atoms with van der Waals surface area (Å²) in [6.45, 7) is 2.61. The van der Waals surface area contributed by atoms with E-state index >= 15 is 0 Å². The van der Waals surface area contributed by atoms with Gasteiger partial charge in [-0.3, -0.25) is 9.59 Å². The summed E-state index contributed by atoms with van der Waals surface area (Å²) in [6.07, 6.45) is 10.1. The third-order valence-electron chi connectivity index (χ3n) is 7.77. The summed E-state index contributed by atoms with van der Waals surface area (Å²) in [6, 6.07) is 12.8. The third kappa shape index (κ3) is 6.63. The summed E-state index contributed by atoms with van der Waals surface area (Å²) in [7, 11) is 1.59. The van der Waals surface area contributed by atoms with Gasteiger partial charge in [0.2, 0.25) is 11.8 Å². The summed E-state index contributed by atoms with van der Waals surface area (Å²) in [5.41, 5.74) is 3.01. The molecule has 1 saturated carbocycles. The highest BCUT2D eigenvalue weighted by Crippen LogP contribution is 2.41. The van der Waals surface area contributed by atoms with Crippen molar-refractivity contribution in [1.29, 1.82) is 0 Å². The van der Waals surface area contributed by atoms with Crippen LogP contribution in [0.4, 0.5) is 0 Å².